The molecule has 2 atom stereocenters. The Bertz CT molecular complexity index is 948. The average molecular weight is 408 g/mol. The van der Waals surface area contributed by atoms with Crippen molar-refractivity contribution in [2.24, 2.45) is 0 Å². The van der Waals surface area contributed by atoms with Crippen molar-refractivity contribution in [3.05, 3.63) is 65.2 Å². The standard InChI is InChI=1S/C23H24N2O5/c1-4-14(2)16-9-11-17(12-10-16)24-20(26)13-30-23(29)15(3)25-21(27)18-7-5-6-8-19(18)22(25)28/h5-12,14-15H,4,13H2,1-3H3,(H,24,26)/t14-,15-/m1/s1. The molecule has 2 aromatic carbocycles. The minimum atomic E-state index is -1.14. The van der Waals surface area contributed by atoms with Crippen LogP contribution < -0.4 is 5.32 Å². The Hall–Kier alpha value is -3.48. The van der Waals surface area contributed by atoms with Crippen LogP contribution in [0.3, 0.4) is 0 Å². The van der Waals surface area contributed by atoms with Crippen LogP contribution in [0.2, 0.25) is 0 Å². The van der Waals surface area contributed by atoms with E-state index in [1.54, 1.807) is 24.3 Å². The van der Waals surface area contributed by atoms with Gasteiger partial charge in [-0.15, -0.1) is 0 Å². The average Bonchev–Trinajstić information content (AvgIpc) is 3.02. The van der Waals surface area contributed by atoms with Crippen molar-refractivity contribution in [2.45, 2.75) is 39.2 Å². The topological polar surface area (TPSA) is 92.8 Å². The lowest BCUT2D eigenvalue weighted by atomic mass is 9.99. The first-order chi connectivity index (χ1) is 14.3. The molecular weight excluding hydrogens is 384 g/mol. The third-order valence-electron chi connectivity index (χ3n) is 5.28. The summed E-state index contributed by atoms with van der Waals surface area (Å²) in [5.41, 5.74) is 2.27. The number of esters is 1. The van der Waals surface area contributed by atoms with E-state index in [1.807, 2.05) is 12.1 Å². The molecule has 0 saturated heterocycles. The summed E-state index contributed by atoms with van der Waals surface area (Å²) < 4.78 is 5.03. The second-order valence-corrected chi connectivity index (χ2v) is 7.29. The smallest absolute Gasteiger partial charge is 0.329 e. The molecule has 30 heavy (non-hydrogen) atoms. The van der Waals surface area contributed by atoms with E-state index in [0.717, 1.165) is 11.3 Å². The first-order valence-corrected chi connectivity index (χ1v) is 9.86. The summed E-state index contributed by atoms with van der Waals surface area (Å²) in [6, 6.07) is 12.7. The van der Waals surface area contributed by atoms with Gasteiger partial charge in [-0.25, -0.2) is 4.79 Å². The van der Waals surface area contributed by atoms with Crippen molar-refractivity contribution in [1.82, 2.24) is 4.90 Å². The normalized spacial score (nSPS) is 14.8. The predicted octanol–water partition coefficient (Wildman–Crippen LogP) is 3.37. The molecule has 0 fully saturated rings. The molecule has 156 valence electrons. The number of rotatable bonds is 7. The van der Waals surface area contributed by atoms with Crippen LogP contribution in [0.1, 0.15) is 59.4 Å². The van der Waals surface area contributed by atoms with Gasteiger partial charge in [0.2, 0.25) is 0 Å². The molecular formula is C23H24N2O5. The number of benzene rings is 2. The Morgan fingerprint density at radius 1 is 0.967 bits per heavy atom. The van der Waals surface area contributed by atoms with Gasteiger partial charge in [-0.3, -0.25) is 19.3 Å². The number of amides is 3. The number of carbonyl (C=O) groups excluding carboxylic acids is 4. The Kier molecular flexibility index (Phi) is 6.30. The largest absolute Gasteiger partial charge is 0.454 e. The molecule has 0 saturated carbocycles. The summed E-state index contributed by atoms with van der Waals surface area (Å²) in [6.45, 7) is 5.12. The summed E-state index contributed by atoms with van der Waals surface area (Å²) in [7, 11) is 0. The Morgan fingerprint density at radius 2 is 1.53 bits per heavy atom. The lowest BCUT2D eigenvalue weighted by Gasteiger charge is -2.20. The molecule has 2 aromatic rings. The molecule has 3 amide bonds. The molecule has 0 unspecified atom stereocenters. The van der Waals surface area contributed by atoms with Crippen LogP contribution in [0.4, 0.5) is 5.69 Å². The number of anilines is 1. The van der Waals surface area contributed by atoms with E-state index in [9.17, 15) is 19.2 Å². The Balaban J connectivity index is 1.54. The molecule has 0 bridgehead atoms. The highest BCUT2D eigenvalue weighted by molar-refractivity contribution is 6.22. The monoisotopic (exact) mass is 408 g/mol. The maximum Gasteiger partial charge on any atom is 0.329 e. The number of ether oxygens (including phenoxy) is 1. The molecule has 0 aromatic heterocycles. The fourth-order valence-electron chi connectivity index (χ4n) is 3.25. The van der Waals surface area contributed by atoms with Gasteiger partial charge in [-0.05, 0) is 49.1 Å². The summed E-state index contributed by atoms with van der Waals surface area (Å²) in [6.07, 6.45) is 1.02. The fraction of sp³-hybridized carbons (Fsp3) is 0.304. The van der Waals surface area contributed by atoms with Crippen LogP contribution in [0.5, 0.6) is 0 Å². The Labute approximate surface area is 175 Å². The number of hydrogen-bond donors (Lipinski definition) is 1. The summed E-state index contributed by atoms with van der Waals surface area (Å²) in [5.74, 6) is -2.00. The number of nitrogens with zero attached hydrogens (tertiary/aromatic N) is 1. The SMILES string of the molecule is CC[C@@H](C)c1ccc(NC(=O)COC(=O)[C@@H](C)N2C(=O)c3ccccc3C2=O)cc1. The highest BCUT2D eigenvalue weighted by Gasteiger charge is 2.41. The summed E-state index contributed by atoms with van der Waals surface area (Å²) in [5, 5.41) is 2.66. The van der Waals surface area contributed by atoms with Gasteiger partial charge in [-0.1, -0.05) is 38.1 Å². The van der Waals surface area contributed by atoms with E-state index in [1.165, 1.54) is 24.6 Å². The van der Waals surface area contributed by atoms with Crippen molar-refractivity contribution < 1.29 is 23.9 Å². The highest BCUT2D eigenvalue weighted by atomic mass is 16.5. The maximum absolute atomic E-state index is 12.4. The molecule has 1 N–H and O–H groups in total. The van der Waals surface area contributed by atoms with Crippen LogP contribution in [0.25, 0.3) is 0 Å². The summed E-state index contributed by atoms with van der Waals surface area (Å²) >= 11 is 0. The van der Waals surface area contributed by atoms with Crippen molar-refractivity contribution >= 4 is 29.4 Å². The van der Waals surface area contributed by atoms with Crippen LogP contribution in [-0.2, 0) is 14.3 Å². The maximum atomic E-state index is 12.4. The molecule has 0 radical (unpaired) electrons. The van der Waals surface area contributed by atoms with E-state index in [4.69, 9.17) is 4.74 Å². The zero-order valence-electron chi connectivity index (χ0n) is 17.2. The third kappa shape index (κ3) is 4.25. The quantitative estimate of drug-likeness (QED) is 0.560. The van der Waals surface area contributed by atoms with Gasteiger partial charge in [0.05, 0.1) is 11.1 Å². The number of fused-ring (bicyclic) bond motifs is 1. The zero-order chi connectivity index (χ0) is 21.8. The molecule has 1 aliphatic rings. The van der Waals surface area contributed by atoms with E-state index >= 15 is 0 Å². The minimum Gasteiger partial charge on any atom is -0.454 e. The molecule has 1 aliphatic heterocycles. The van der Waals surface area contributed by atoms with Crippen molar-refractivity contribution in [3.63, 3.8) is 0 Å². The molecule has 0 aliphatic carbocycles. The van der Waals surface area contributed by atoms with E-state index in [-0.39, 0.29) is 11.1 Å². The van der Waals surface area contributed by atoms with Crippen LogP contribution in [-0.4, -0.2) is 41.2 Å². The van der Waals surface area contributed by atoms with Crippen molar-refractivity contribution in [1.29, 1.82) is 0 Å². The lowest BCUT2D eigenvalue weighted by Crippen LogP contribution is -2.44. The van der Waals surface area contributed by atoms with Crippen LogP contribution in [0.15, 0.2) is 48.5 Å². The zero-order valence-corrected chi connectivity index (χ0v) is 17.2. The molecule has 3 rings (SSSR count). The van der Waals surface area contributed by atoms with Gasteiger partial charge >= 0.3 is 5.97 Å². The van der Waals surface area contributed by atoms with E-state index in [2.05, 4.69) is 19.2 Å². The van der Waals surface area contributed by atoms with E-state index < -0.39 is 36.3 Å². The molecule has 0 spiro atoms. The minimum absolute atomic E-state index is 0.251. The second kappa shape index (κ2) is 8.90. The van der Waals surface area contributed by atoms with Crippen LogP contribution in [0, 0.1) is 0 Å². The van der Waals surface area contributed by atoms with Gasteiger partial charge in [0, 0.05) is 5.69 Å². The van der Waals surface area contributed by atoms with Gasteiger partial charge in [0.25, 0.3) is 17.7 Å². The van der Waals surface area contributed by atoms with Gasteiger partial charge in [0.1, 0.15) is 6.04 Å². The second-order valence-electron chi connectivity index (χ2n) is 7.29. The van der Waals surface area contributed by atoms with E-state index in [0.29, 0.717) is 11.6 Å². The Morgan fingerprint density at radius 3 is 2.07 bits per heavy atom. The third-order valence-corrected chi connectivity index (χ3v) is 5.28. The molecule has 7 nitrogen and oxygen atoms in total. The van der Waals surface area contributed by atoms with Crippen molar-refractivity contribution in [3.8, 4) is 0 Å². The first kappa shape index (κ1) is 21.2. The van der Waals surface area contributed by atoms with Crippen molar-refractivity contribution in [2.75, 3.05) is 11.9 Å². The fourth-order valence-corrected chi connectivity index (χ4v) is 3.25. The predicted molar refractivity (Wildman–Crippen MR) is 111 cm³/mol. The number of hydrogen-bond acceptors (Lipinski definition) is 5. The number of imide groups is 1. The van der Waals surface area contributed by atoms with Crippen LogP contribution >= 0.6 is 0 Å². The first-order valence-electron chi connectivity index (χ1n) is 9.86. The van der Waals surface area contributed by atoms with Gasteiger partial charge in [-0.2, -0.15) is 0 Å². The number of nitrogens with one attached hydrogen (secondary N) is 1. The highest BCUT2D eigenvalue weighted by Crippen LogP contribution is 2.25. The molecule has 1 heterocycles. The molecule has 7 heteroatoms. The van der Waals surface area contributed by atoms with Gasteiger partial charge < -0.3 is 10.1 Å². The van der Waals surface area contributed by atoms with Gasteiger partial charge in [0.15, 0.2) is 6.61 Å². The lowest BCUT2D eigenvalue weighted by molar-refractivity contribution is -0.150. The number of carbonyl (C=O) groups is 4. The summed E-state index contributed by atoms with van der Waals surface area (Å²) in [4.78, 5) is 50.2.